The molecule has 1 N–H and O–H groups in total. The van der Waals surface area contributed by atoms with E-state index in [1.807, 2.05) is 6.33 Å². The van der Waals surface area contributed by atoms with Crippen LogP contribution in [0.4, 0.5) is 0 Å². The highest BCUT2D eigenvalue weighted by Gasteiger charge is 2.33. The van der Waals surface area contributed by atoms with E-state index in [9.17, 15) is 0 Å². The van der Waals surface area contributed by atoms with Gasteiger partial charge in [-0.2, -0.15) is 0 Å². The van der Waals surface area contributed by atoms with Crippen LogP contribution in [0.1, 0.15) is 38.3 Å². The Balaban J connectivity index is 1.63. The van der Waals surface area contributed by atoms with E-state index in [1.165, 1.54) is 51.0 Å². The molecular weight excluding hydrogens is 236 g/mol. The van der Waals surface area contributed by atoms with Gasteiger partial charge in [-0.1, -0.05) is 13.3 Å². The molecule has 1 atom stereocenters. The predicted molar refractivity (Wildman–Crippen MR) is 77.4 cm³/mol. The van der Waals surface area contributed by atoms with E-state index < -0.39 is 0 Å². The summed E-state index contributed by atoms with van der Waals surface area (Å²) in [4.78, 5) is 6.99. The van der Waals surface area contributed by atoms with Crippen LogP contribution < -0.4 is 5.32 Å². The summed E-state index contributed by atoms with van der Waals surface area (Å²) in [5.74, 6) is 0. The Bertz CT molecular complexity index is 400. The summed E-state index contributed by atoms with van der Waals surface area (Å²) < 4.78 is 2.38. The summed E-state index contributed by atoms with van der Waals surface area (Å²) in [6, 6.07) is 0. The summed E-state index contributed by atoms with van der Waals surface area (Å²) >= 11 is 0. The van der Waals surface area contributed by atoms with Crippen molar-refractivity contribution < 1.29 is 0 Å². The maximum atomic E-state index is 4.39. The van der Waals surface area contributed by atoms with Gasteiger partial charge in [0.15, 0.2) is 0 Å². The normalized spacial score (nSPS) is 28.9. The Hall–Kier alpha value is -0.870. The average Bonchev–Trinajstić information content (AvgIpc) is 3.07. The third kappa shape index (κ3) is 2.84. The van der Waals surface area contributed by atoms with Gasteiger partial charge in [0.05, 0.1) is 6.33 Å². The lowest BCUT2D eigenvalue weighted by molar-refractivity contribution is 0.219. The van der Waals surface area contributed by atoms with E-state index in [1.54, 1.807) is 0 Å². The summed E-state index contributed by atoms with van der Waals surface area (Å²) in [6.07, 6.45) is 9.47. The van der Waals surface area contributed by atoms with Gasteiger partial charge in [-0.25, -0.2) is 4.98 Å². The number of nitrogens with zero attached hydrogens (tertiary/aromatic N) is 3. The molecule has 2 aliphatic rings. The molecular formula is C15H26N4. The summed E-state index contributed by atoms with van der Waals surface area (Å²) in [7, 11) is 0. The van der Waals surface area contributed by atoms with Gasteiger partial charge in [-0.3, -0.25) is 0 Å². The van der Waals surface area contributed by atoms with E-state index in [-0.39, 0.29) is 5.41 Å². The number of likely N-dealkylation sites (tertiary alicyclic amines) is 1. The van der Waals surface area contributed by atoms with E-state index in [0.29, 0.717) is 0 Å². The lowest BCUT2D eigenvalue weighted by Crippen LogP contribution is -2.34. The van der Waals surface area contributed by atoms with Gasteiger partial charge >= 0.3 is 0 Å². The lowest BCUT2D eigenvalue weighted by Gasteiger charge is -2.28. The highest BCUT2D eigenvalue weighted by atomic mass is 15.2. The molecule has 106 valence electrons. The third-order valence-electron chi connectivity index (χ3n) is 4.81. The Kier molecular flexibility index (Phi) is 3.89. The van der Waals surface area contributed by atoms with Crippen molar-refractivity contribution in [2.24, 2.45) is 0 Å². The zero-order chi connectivity index (χ0) is 13.1. The fraction of sp³-hybridized carbons (Fsp3) is 0.800. The van der Waals surface area contributed by atoms with Crippen molar-refractivity contribution in [1.29, 1.82) is 0 Å². The van der Waals surface area contributed by atoms with Crippen LogP contribution in [0.3, 0.4) is 0 Å². The average molecular weight is 262 g/mol. The molecule has 0 radical (unpaired) electrons. The molecule has 1 aromatic heterocycles. The van der Waals surface area contributed by atoms with Gasteiger partial charge in [0.25, 0.3) is 0 Å². The second-order valence-electron chi connectivity index (χ2n) is 6.36. The van der Waals surface area contributed by atoms with Crippen LogP contribution in [0.15, 0.2) is 12.5 Å². The molecule has 0 aliphatic carbocycles. The molecule has 1 unspecified atom stereocenters. The third-order valence-corrected chi connectivity index (χ3v) is 4.81. The smallest absolute Gasteiger partial charge is 0.0948 e. The van der Waals surface area contributed by atoms with E-state index in [4.69, 9.17) is 0 Å². The fourth-order valence-electron chi connectivity index (χ4n) is 3.47. The van der Waals surface area contributed by atoms with Crippen molar-refractivity contribution in [2.75, 3.05) is 32.7 Å². The first-order valence-electron chi connectivity index (χ1n) is 7.72. The molecule has 3 heterocycles. The summed E-state index contributed by atoms with van der Waals surface area (Å²) in [5, 5.41) is 3.48. The molecule has 0 aromatic carbocycles. The zero-order valence-electron chi connectivity index (χ0n) is 12.1. The molecule has 4 heteroatoms. The molecule has 2 fully saturated rings. The second-order valence-corrected chi connectivity index (χ2v) is 6.36. The van der Waals surface area contributed by atoms with Crippen LogP contribution in [0, 0.1) is 0 Å². The molecule has 0 saturated carbocycles. The molecule has 19 heavy (non-hydrogen) atoms. The number of hydrogen-bond acceptors (Lipinski definition) is 3. The summed E-state index contributed by atoms with van der Waals surface area (Å²) in [5.41, 5.74) is 1.69. The minimum atomic E-state index is 0.276. The first-order valence-corrected chi connectivity index (χ1v) is 7.72. The van der Waals surface area contributed by atoms with E-state index in [0.717, 1.165) is 19.6 Å². The molecule has 2 saturated heterocycles. The number of rotatable bonds is 4. The van der Waals surface area contributed by atoms with E-state index in [2.05, 4.69) is 32.9 Å². The predicted octanol–water partition coefficient (Wildman–Crippen LogP) is 1.62. The second kappa shape index (κ2) is 5.63. The molecule has 4 nitrogen and oxygen atoms in total. The highest BCUT2D eigenvalue weighted by molar-refractivity contribution is 5.17. The maximum absolute atomic E-state index is 4.39. The minimum absolute atomic E-state index is 0.276. The first kappa shape index (κ1) is 13.1. The highest BCUT2D eigenvalue weighted by Crippen LogP contribution is 2.29. The van der Waals surface area contributed by atoms with Gasteiger partial charge in [-0.15, -0.1) is 0 Å². The van der Waals surface area contributed by atoms with Crippen LogP contribution in [0.2, 0.25) is 0 Å². The number of nitrogens with one attached hydrogen (secondary N) is 1. The van der Waals surface area contributed by atoms with Crippen LogP contribution >= 0.6 is 0 Å². The maximum Gasteiger partial charge on any atom is 0.0948 e. The van der Waals surface area contributed by atoms with Crippen molar-refractivity contribution >= 4 is 0 Å². The Morgan fingerprint density at radius 3 is 2.84 bits per heavy atom. The van der Waals surface area contributed by atoms with Crippen LogP contribution in [-0.2, 0) is 12.0 Å². The first-order chi connectivity index (χ1) is 9.28. The Morgan fingerprint density at radius 2 is 2.11 bits per heavy atom. The SMILES string of the molecule is CC1(c2cncn2CCN2CCCCC2)CCNC1. The van der Waals surface area contributed by atoms with Crippen molar-refractivity contribution in [1.82, 2.24) is 19.8 Å². The Morgan fingerprint density at radius 1 is 1.26 bits per heavy atom. The molecule has 3 rings (SSSR count). The topological polar surface area (TPSA) is 33.1 Å². The molecule has 1 aromatic rings. The monoisotopic (exact) mass is 262 g/mol. The number of piperidine rings is 1. The lowest BCUT2D eigenvalue weighted by atomic mass is 9.86. The minimum Gasteiger partial charge on any atom is -0.333 e. The Labute approximate surface area is 116 Å². The van der Waals surface area contributed by atoms with E-state index >= 15 is 0 Å². The quantitative estimate of drug-likeness (QED) is 0.895. The van der Waals surface area contributed by atoms with Gasteiger partial charge in [0, 0.05) is 36.9 Å². The van der Waals surface area contributed by atoms with Crippen molar-refractivity contribution in [3.05, 3.63) is 18.2 Å². The molecule has 0 bridgehead atoms. The van der Waals surface area contributed by atoms with Gasteiger partial charge in [-0.05, 0) is 38.9 Å². The number of aromatic nitrogens is 2. The van der Waals surface area contributed by atoms with Gasteiger partial charge < -0.3 is 14.8 Å². The molecule has 0 amide bonds. The zero-order valence-corrected chi connectivity index (χ0v) is 12.1. The van der Waals surface area contributed by atoms with Crippen LogP contribution in [0.25, 0.3) is 0 Å². The van der Waals surface area contributed by atoms with Crippen molar-refractivity contribution in [3.63, 3.8) is 0 Å². The van der Waals surface area contributed by atoms with Crippen LogP contribution in [0.5, 0.6) is 0 Å². The number of hydrogen-bond donors (Lipinski definition) is 1. The van der Waals surface area contributed by atoms with Crippen molar-refractivity contribution in [2.45, 2.75) is 44.6 Å². The standard InChI is InChI=1S/C15H26N4/c1-15(5-6-16-12-15)14-11-17-13-19(14)10-9-18-7-3-2-4-8-18/h11,13,16H,2-10,12H2,1H3. The number of imidazole rings is 1. The molecule has 0 spiro atoms. The van der Waals surface area contributed by atoms with Crippen LogP contribution in [-0.4, -0.2) is 47.2 Å². The molecule has 2 aliphatic heterocycles. The van der Waals surface area contributed by atoms with Gasteiger partial charge in [0.2, 0.25) is 0 Å². The summed E-state index contributed by atoms with van der Waals surface area (Å²) in [6.45, 7) is 9.40. The van der Waals surface area contributed by atoms with Gasteiger partial charge in [0.1, 0.15) is 0 Å². The fourth-order valence-corrected chi connectivity index (χ4v) is 3.47. The van der Waals surface area contributed by atoms with Crippen molar-refractivity contribution in [3.8, 4) is 0 Å². The largest absolute Gasteiger partial charge is 0.333 e.